The molecule has 1 N–H and O–H groups in total. The summed E-state index contributed by atoms with van der Waals surface area (Å²) in [6, 6.07) is 6.03. The van der Waals surface area contributed by atoms with Crippen molar-refractivity contribution in [2.45, 2.75) is 62.9 Å². The lowest BCUT2D eigenvalue weighted by Crippen LogP contribution is -2.32. The van der Waals surface area contributed by atoms with Gasteiger partial charge in [-0.1, -0.05) is 26.2 Å². The molecule has 0 amide bonds. The molecule has 1 aromatic carbocycles. The first-order valence-corrected chi connectivity index (χ1v) is 8.37. The maximum Gasteiger partial charge on any atom is 0.123 e. The summed E-state index contributed by atoms with van der Waals surface area (Å²) in [5.41, 5.74) is 1.15. The third-order valence-electron chi connectivity index (χ3n) is 3.74. The van der Waals surface area contributed by atoms with Crippen molar-refractivity contribution in [1.82, 2.24) is 5.32 Å². The fourth-order valence-corrected chi connectivity index (χ4v) is 3.77. The molecule has 2 rings (SSSR count). The van der Waals surface area contributed by atoms with E-state index < -0.39 is 0 Å². The molecule has 0 fully saturated rings. The molecule has 1 nitrogen and oxygen atoms in total. The van der Waals surface area contributed by atoms with Gasteiger partial charge in [-0.2, -0.15) is 0 Å². The summed E-state index contributed by atoms with van der Waals surface area (Å²) in [4.78, 5) is 1.24. The van der Waals surface area contributed by atoms with Crippen LogP contribution in [0, 0.1) is 5.82 Å². The normalized spacial score (nSPS) is 20.1. The van der Waals surface area contributed by atoms with Gasteiger partial charge in [0, 0.05) is 17.0 Å². The Morgan fingerprint density at radius 3 is 3.05 bits per heavy atom. The van der Waals surface area contributed by atoms with E-state index in [1.165, 1.54) is 30.6 Å². The van der Waals surface area contributed by atoms with E-state index in [0.717, 1.165) is 17.7 Å². The number of thioether (sulfide) groups is 1. The topological polar surface area (TPSA) is 12.0 Å². The van der Waals surface area contributed by atoms with Crippen LogP contribution in [0.5, 0.6) is 0 Å². The van der Waals surface area contributed by atoms with Gasteiger partial charge in [0.05, 0.1) is 0 Å². The summed E-state index contributed by atoms with van der Waals surface area (Å²) < 4.78 is 13.4. The molecule has 3 heteroatoms. The third-order valence-corrected chi connectivity index (χ3v) is 4.86. The van der Waals surface area contributed by atoms with Gasteiger partial charge >= 0.3 is 0 Å². The molecule has 2 atom stereocenters. The monoisotopic (exact) mass is 281 g/mol. The number of unbranched alkanes of at least 4 members (excludes halogenated alkanes) is 2. The first-order valence-electron chi connectivity index (χ1n) is 7.39. The van der Waals surface area contributed by atoms with Gasteiger partial charge in [0.25, 0.3) is 0 Å². The summed E-state index contributed by atoms with van der Waals surface area (Å²) >= 11 is 1.84. The molecular formula is C16H24FNS. The average molecular weight is 281 g/mol. The van der Waals surface area contributed by atoms with Crippen LogP contribution in [0.4, 0.5) is 4.39 Å². The molecule has 0 saturated carbocycles. The molecule has 0 bridgehead atoms. The van der Waals surface area contributed by atoms with Crippen LogP contribution in [0.3, 0.4) is 0 Å². The Kier molecular flexibility index (Phi) is 5.71. The van der Waals surface area contributed by atoms with Crippen LogP contribution < -0.4 is 5.32 Å². The Balaban J connectivity index is 1.97. The van der Waals surface area contributed by atoms with Crippen LogP contribution in [-0.4, -0.2) is 11.8 Å². The fraction of sp³-hybridized carbons (Fsp3) is 0.625. The first-order chi connectivity index (χ1) is 9.20. The van der Waals surface area contributed by atoms with E-state index in [1.807, 2.05) is 17.8 Å². The number of halogens is 1. The minimum atomic E-state index is -0.119. The van der Waals surface area contributed by atoms with E-state index in [2.05, 4.69) is 19.2 Å². The molecule has 2 unspecified atom stereocenters. The summed E-state index contributed by atoms with van der Waals surface area (Å²) in [6.45, 7) is 4.48. The smallest absolute Gasteiger partial charge is 0.123 e. The van der Waals surface area contributed by atoms with Crippen molar-refractivity contribution in [3.63, 3.8) is 0 Å². The molecule has 0 aliphatic carbocycles. The molecule has 106 valence electrons. The summed E-state index contributed by atoms with van der Waals surface area (Å²) in [5, 5.41) is 3.68. The highest BCUT2D eigenvalue weighted by molar-refractivity contribution is 7.99. The van der Waals surface area contributed by atoms with Crippen molar-refractivity contribution in [3.8, 4) is 0 Å². The predicted octanol–water partition coefficient (Wildman–Crippen LogP) is 4.92. The molecule has 0 radical (unpaired) electrons. The fourth-order valence-electron chi connectivity index (χ4n) is 2.67. The summed E-state index contributed by atoms with van der Waals surface area (Å²) in [5.74, 6) is 1.00. The maximum absolute atomic E-state index is 13.4. The first kappa shape index (κ1) is 14.9. The second-order valence-electron chi connectivity index (χ2n) is 5.44. The van der Waals surface area contributed by atoms with Crippen LogP contribution in [0.15, 0.2) is 23.1 Å². The lowest BCUT2D eigenvalue weighted by Gasteiger charge is -2.29. The SMILES string of the molecule is CCCCCC(C)NC1CCSc2ccc(F)cc21. The zero-order chi connectivity index (χ0) is 13.7. The number of fused-ring (bicyclic) bond motifs is 1. The van der Waals surface area contributed by atoms with Crippen molar-refractivity contribution in [1.29, 1.82) is 0 Å². The van der Waals surface area contributed by atoms with Crippen LogP contribution in [0.1, 0.15) is 57.6 Å². The molecule has 0 spiro atoms. The average Bonchev–Trinajstić information content (AvgIpc) is 2.40. The van der Waals surface area contributed by atoms with Gasteiger partial charge in [-0.25, -0.2) is 4.39 Å². The molecule has 1 aliphatic heterocycles. The van der Waals surface area contributed by atoms with Crippen LogP contribution in [-0.2, 0) is 0 Å². The molecule has 0 aromatic heterocycles. The Bertz CT molecular complexity index is 408. The lowest BCUT2D eigenvalue weighted by molar-refractivity contribution is 0.409. The lowest BCUT2D eigenvalue weighted by atomic mass is 10.0. The highest BCUT2D eigenvalue weighted by Gasteiger charge is 2.22. The van der Waals surface area contributed by atoms with Crippen LogP contribution >= 0.6 is 11.8 Å². The standard InChI is InChI=1S/C16H24FNS/c1-3-4-5-6-12(2)18-15-9-10-19-16-8-7-13(17)11-14(15)16/h7-8,11-12,15,18H,3-6,9-10H2,1-2H3. The molecule has 19 heavy (non-hydrogen) atoms. The Labute approximate surface area is 120 Å². The predicted molar refractivity (Wildman–Crippen MR) is 81.2 cm³/mol. The molecular weight excluding hydrogens is 257 g/mol. The summed E-state index contributed by atoms with van der Waals surface area (Å²) in [7, 11) is 0. The van der Waals surface area contributed by atoms with Gasteiger partial charge in [-0.05, 0) is 49.3 Å². The van der Waals surface area contributed by atoms with E-state index in [0.29, 0.717) is 12.1 Å². The van der Waals surface area contributed by atoms with Crippen molar-refractivity contribution in [3.05, 3.63) is 29.6 Å². The minimum absolute atomic E-state index is 0.119. The maximum atomic E-state index is 13.4. The van der Waals surface area contributed by atoms with Gasteiger partial charge in [0.1, 0.15) is 5.82 Å². The molecule has 1 heterocycles. The molecule has 1 aromatic rings. The zero-order valence-corrected chi connectivity index (χ0v) is 12.7. The van der Waals surface area contributed by atoms with E-state index in [4.69, 9.17) is 0 Å². The Morgan fingerprint density at radius 1 is 1.42 bits per heavy atom. The highest BCUT2D eigenvalue weighted by atomic mass is 32.2. The van der Waals surface area contributed by atoms with E-state index >= 15 is 0 Å². The van der Waals surface area contributed by atoms with Crippen LogP contribution in [0.25, 0.3) is 0 Å². The zero-order valence-electron chi connectivity index (χ0n) is 11.9. The van der Waals surface area contributed by atoms with Crippen molar-refractivity contribution in [2.75, 3.05) is 5.75 Å². The van der Waals surface area contributed by atoms with Crippen molar-refractivity contribution < 1.29 is 4.39 Å². The molecule has 0 saturated heterocycles. The second-order valence-corrected chi connectivity index (χ2v) is 6.57. The van der Waals surface area contributed by atoms with Gasteiger partial charge in [0.15, 0.2) is 0 Å². The number of nitrogens with one attached hydrogen (secondary N) is 1. The van der Waals surface area contributed by atoms with Crippen molar-refractivity contribution >= 4 is 11.8 Å². The van der Waals surface area contributed by atoms with Crippen molar-refractivity contribution in [2.24, 2.45) is 0 Å². The van der Waals surface area contributed by atoms with E-state index in [9.17, 15) is 4.39 Å². The van der Waals surface area contributed by atoms with Gasteiger partial charge < -0.3 is 5.32 Å². The number of hydrogen-bond donors (Lipinski definition) is 1. The Morgan fingerprint density at radius 2 is 2.26 bits per heavy atom. The largest absolute Gasteiger partial charge is 0.307 e. The quantitative estimate of drug-likeness (QED) is 0.743. The molecule has 1 aliphatic rings. The minimum Gasteiger partial charge on any atom is -0.307 e. The third kappa shape index (κ3) is 4.22. The van der Waals surface area contributed by atoms with Gasteiger partial charge in [0.2, 0.25) is 0 Å². The van der Waals surface area contributed by atoms with E-state index in [-0.39, 0.29) is 5.82 Å². The van der Waals surface area contributed by atoms with Gasteiger partial charge in [-0.3, -0.25) is 0 Å². The van der Waals surface area contributed by atoms with Gasteiger partial charge in [-0.15, -0.1) is 11.8 Å². The van der Waals surface area contributed by atoms with Crippen LogP contribution in [0.2, 0.25) is 0 Å². The second kappa shape index (κ2) is 7.30. The number of rotatable bonds is 6. The van der Waals surface area contributed by atoms with E-state index in [1.54, 1.807) is 12.1 Å². The number of benzene rings is 1. The summed E-state index contributed by atoms with van der Waals surface area (Å²) in [6.07, 6.45) is 6.15. The number of hydrogen-bond acceptors (Lipinski definition) is 2. The highest BCUT2D eigenvalue weighted by Crippen LogP contribution is 2.36. The Hall–Kier alpha value is -0.540.